The first-order valence-corrected chi connectivity index (χ1v) is 4.11. The quantitative estimate of drug-likeness (QED) is 0.622. The first-order chi connectivity index (χ1) is 5.79. The monoisotopic (exact) mass is 165 g/mol. The summed E-state index contributed by atoms with van der Waals surface area (Å²) >= 11 is 0. The molecule has 2 aliphatic rings. The van der Waals surface area contributed by atoms with Gasteiger partial charge in [-0.15, -0.1) is 0 Å². The van der Waals surface area contributed by atoms with Crippen LogP contribution in [0.3, 0.4) is 0 Å². The standard InChI is InChI=1S/C9H11NO2/c10-9(11)7-5-12-8-4-2-1-3-6(7)8/h2,4,7H,1,3,5H2,(H2,10,11). The average molecular weight is 165 g/mol. The molecule has 1 aliphatic heterocycles. The van der Waals surface area contributed by atoms with Crippen LogP contribution >= 0.6 is 0 Å². The van der Waals surface area contributed by atoms with Crippen LogP contribution < -0.4 is 5.73 Å². The molecule has 3 heteroatoms. The number of carbonyl (C=O) groups excluding carboxylic acids is 1. The van der Waals surface area contributed by atoms with Crippen molar-refractivity contribution < 1.29 is 9.53 Å². The molecule has 0 radical (unpaired) electrons. The van der Waals surface area contributed by atoms with Crippen LogP contribution in [0.5, 0.6) is 0 Å². The third-order valence-electron chi connectivity index (χ3n) is 2.34. The lowest BCUT2D eigenvalue weighted by Gasteiger charge is -2.09. The maximum atomic E-state index is 10.9. The number of hydrogen-bond acceptors (Lipinski definition) is 2. The lowest BCUT2D eigenvalue weighted by atomic mass is 9.93. The highest BCUT2D eigenvalue weighted by Gasteiger charge is 2.30. The maximum Gasteiger partial charge on any atom is 0.228 e. The molecule has 12 heavy (non-hydrogen) atoms. The van der Waals surface area contributed by atoms with Crippen molar-refractivity contribution in [1.82, 2.24) is 0 Å². The Labute approximate surface area is 70.9 Å². The van der Waals surface area contributed by atoms with Crippen LogP contribution in [0.2, 0.25) is 0 Å². The Hall–Kier alpha value is -1.25. The molecule has 2 N–H and O–H groups in total. The first kappa shape index (κ1) is 7.40. The number of carbonyl (C=O) groups is 1. The zero-order valence-electron chi connectivity index (χ0n) is 6.75. The number of rotatable bonds is 1. The van der Waals surface area contributed by atoms with Gasteiger partial charge in [0, 0.05) is 0 Å². The van der Waals surface area contributed by atoms with E-state index in [1.807, 2.05) is 6.08 Å². The predicted molar refractivity (Wildman–Crippen MR) is 44.0 cm³/mol. The van der Waals surface area contributed by atoms with Crippen LogP contribution in [0.1, 0.15) is 12.8 Å². The summed E-state index contributed by atoms with van der Waals surface area (Å²) in [5.74, 6) is 0.422. The maximum absolute atomic E-state index is 10.9. The summed E-state index contributed by atoms with van der Waals surface area (Å²) in [4.78, 5) is 10.9. The van der Waals surface area contributed by atoms with Crippen molar-refractivity contribution in [2.24, 2.45) is 11.7 Å². The van der Waals surface area contributed by atoms with Crippen molar-refractivity contribution in [3.8, 4) is 0 Å². The zero-order valence-corrected chi connectivity index (χ0v) is 6.75. The van der Waals surface area contributed by atoms with Crippen LogP contribution in [-0.4, -0.2) is 12.5 Å². The fourth-order valence-corrected chi connectivity index (χ4v) is 1.67. The molecule has 0 aromatic rings. The number of primary amides is 1. The van der Waals surface area contributed by atoms with Gasteiger partial charge in [-0.2, -0.15) is 0 Å². The molecule has 0 bridgehead atoms. The zero-order chi connectivity index (χ0) is 8.55. The second kappa shape index (κ2) is 2.66. The molecule has 0 saturated carbocycles. The highest BCUT2D eigenvalue weighted by Crippen LogP contribution is 2.32. The van der Waals surface area contributed by atoms with E-state index in [0.29, 0.717) is 6.61 Å². The number of ether oxygens (including phenoxy) is 1. The molecule has 1 unspecified atom stereocenters. The van der Waals surface area contributed by atoms with Gasteiger partial charge in [-0.25, -0.2) is 0 Å². The van der Waals surface area contributed by atoms with Gasteiger partial charge in [0.2, 0.25) is 5.91 Å². The molecular weight excluding hydrogens is 154 g/mol. The minimum absolute atomic E-state index is 0.176. The van der Waals surface area contributed by atoms with Gasteiger partial charge in [0.25, 0.3) is 0 Å². The van der Waals surface area contributed by atoms with Gasteiger partial charge in [0.15, 0.2) is 0 Å². The Morgan fingerprint density at radius 3 is 3.25 bits per heavy atom. The van der Waals surface area contributed by atoms with Gasteiger partial charge in [-0.3, -0.25) is 4.79 Å². The summed E-state index contributed by atoms with van der Waals surface area (Å²) in [6, 6.07) is 0. The Morgan fingerprint density at radius 2 is 2.50 bits per heavy atom. The third kappa shape index (κ3) is 1.02. The van der Waals surface area contributed by atoms with Crippen molar-refractivity contribution in [2.75, 3.05) is 6.61 Å². The van der Waals surface area contributed by atoms with Gasteiger partial charge in [0.1, 0.15) is 12.4 Å². The second-order valence-corrected chi connectivity index (χ2v) is 3.10. The van der Waals surface area contributed by atoms with Crippen molar-refractivity contribution in [1.29, 1.82) is 0 Å². The normalized spacial score (nSPS) is 26.8. The molecule has 0 aromatic heterocycles. The number of allylic oxidation sites excluding steroid dienone is 2. The van der Waals surface area contributed by atoms with Crippen molar-refractivity contribution in [3.05, 3.63) is 23.5 Å². The van der Waals surface area contributed by atoms with Crippen LogP contribution in [-0.2, 0) is 9.53 Å². The lowest BCUT2D eigenvalue weighted by Crippen LogP contribution is -2.25. The smallest absolute Gasteiger partial charge is 0.228 e. The summed E-state index contributed by atoms with van der Waals surface area (Å²) < 4.78 is 5.32. The predicted octanol–water partition coefficient (Wildman–Crippen LogP) is 0.722. The minimum Gasteiger partial charge on any atom is -0.492 e. The molecule has 0 fully saturated rings. The Bertz CT molecular complexity index is 278. The van der Waals surface area contributed by atoms with Crippen LogP contribution in [0.4, 0.5) is 0 Å². The molecule has 0 aromatic carbocycles. The van der Waals surface area contributed by atoms with E-state index in [4.69, 9.17) is 10.5 Å². The van der Waals surface area contributed by atoms with Gasteiger partial charge < -0.3 is 10.5 Å². The third-order valence-corrected chi connectivity index (χ3v) is 2.34. The first-order valence-electron chi connectivity index (χ1n) is 4.11. The largest absolute Gasteiger partial charge is 0.492 e. The molecule has 0 spiro atoms. The topological polar surface area (TPSA) is 52.3 Å². The van der Waals surface area contributed by atoms with Crippen LogP contribution in [0.15, 0.2) is 23.5 Å². The molecule has 2 rings (SSSR count). The highest BCUT2D eigenvalue weighted by atomic mass is 16.5. The minimum atomic E-state index is -0.268. The number of nitrogens with two attached hydrogens (primary N) is 1. The average Bonchev–Trinajstić information content (AvgIpc) is 2.47. The molecule has 0 saturated heterocycles. The lowest BCUT2D eigenvalue weighted by molar-refractivity contribution is -0.121. The number of hydrogen-bond donors (Lipinski definition) is 1. The van der Waals surface area contributed by atoms with Crippen molar-refractivity contribution in [2.45, 2.75) is 12.8 Å². The fraction of sp³-hybridized carbons (Fsp3) is 0.444. The van der Waals surface area contributed by atoms with E-state index in [2.05, 4.69) is 6.08 Å². The van der Waals surface area contributed by atoms with E-state index in [-0.39, 0.29) is 11.8 Å². The summed E-state index contributed by atoms with van der Waals surface area (Å²) in [6.45, 7) is 0.435. The fourth-order valence-electron chi connectivity index (χ4n) is 1.67. The Morgan fingerprint density at radius 1 is 1.67 bits per heavy atom. The van der Waals surface area contributed by atoms with Crippen LogP contribution in [0, 0.1) is 5.92 Å². The van der Waals surface area contributed by atoms with E-state index in [0.717, 1.165) is 24.2 Å². The summed E-state index contributed by atoms with van der Waals surface area (Å²) in [7, 11) is 0. The van der Waals surface area contributed by atoms with Gasteiger partial charge in [-0.1, -0.05) is 6.08 Å². The van der Waals surface area contributed by atoms with E-state index in [1.54, 1.807) is 0 Å². The highest BCUT2D eigenvalue weighted by molar-refractivity contribution is 5.80. The molecule has 1 heterocycles. The molecule has 1 atom stereocenters. The van der Waals surface area contributed by atoms with Gasteiger partial charge in [-0.05, 0) is 24.5 Å². The van der Waals surface area contributed by atoms with Gasteiger partial charge in [0.05, 0.1) is 5.92 Å². The molecule has 1 aliphatic carbocycles. The number of amides is 1. The molecule has 3 nitrogen and oxygen atoms in total. The van der Waals surface area contributed by atoms with Crippen LogP contribution in [0.25, 0.3) is 0 Å². The Balaban J connectivity index is 2.27. The van der Waals surface area contributed by atoms with Crippen molar-refractivity contribution in [3.63, 3.8) is 0 Å². The summed E-state index contributed by atoms with van der Waals surface area (Å²) in [5.41, 5.74) is 6.32. The van der Waals surface area contributed by atoms with E-state index in [1.165, 1.54) is 0 Å². The summed E-state index contributed by atoms with van der Waals surface area (Å²) in [5, 5.41) is 0. The molecule has 1 amide bonds. The Kier molecular flexibility index (Phi) is 1.64. The van der Waals surface area contributed by atoms with E-state index in [9.17, 15) is 4.79 Å². The van der Waals surface area contributed by atoms with E-state index >= 15 is 0 Å². The van der Waals surface area contributed by atoms with Crippen molar-refractivity contribution >= 4 is 5.91 Å². The summed E-state index contributed by atoms with van der Waals surface area (Å²) in [6.07, 6.45) is 5.90. The van der Waals surface area contributed by atoms with E-state index < -0.39 is 0 Å². The van der Waals surface area contributed by atoms with Gasteiger partial charge >= 0.3 is 0 Å². The molecular formula is C9H11NO2. The molecule has 64 valence electrons. The second-order valence-electron chi connectivity index (χ2n) is 3.10. The SMILES string of the molecule is NC(=O)C1COC2=C1CCC=C2.